The Morgan fingerprint density at radius 3 is 2.31 bits per heavy atom. The van der Waals surface area contributed by atoms with E-state index in [1.54, 1.807) is 40.1 Å². The molecule has 2 aromatic rings. The third-order valence-electron chi connectivity index (χ3n) is 6.05. The quantitative estimate of drug-likeness (QED) is 0.702. The number of carbonyl (C=O) groups is 2. The molecule has 9 heteroatoms. The Bertz CT molecular complexity index is 1130. The summed E-state index contributed by atoms with van der Waals surface area (Å²) in [5.41, 5.74) is 2.36. The van der Waals surface area contributed by atoms with Crippen LogP contribution in [0.3, 0.4) is 0 Å². The number of nitrogens with zero attached hydrogens (tertiary/aromatic N) is 3. The molecule has 2 aliphatic rings. The van der Waals surface area contributed by atoms with Gasteiger partial charge in [0.05, 0.1) is 11.3 Å². The summed E-state index contributed by atoms with van der Waals surface area (Å²) in [5, 5.41) is 0. The fraction of sp³-hybridized carbons (Fsp3) is 0.391. The van der Waals surface area contributed by atoms with Crippen molar-refractivity contribution in [2.45, 2.75) is 31.1 Å². The molecule has 0 radical (unpaired) electrons. The monoisotopic (exact) mass is 459 g/mol. The van der Waals surface area contributed by atoms with Crippen LogP contribution in [0.25, 0.3) is 0 Å². The van der Waals surface area contributed by atoms with Gasteiger partial charge in [0.2, 0.25) is 21.8 Å². The van der Waals surface area contributed by atoms with Crippen LogP contribution < -0.4 is 4.90 Å². The van der Waals surface area contributed by atoms with Crippen LogP contribution in [0.1, 0.15) is 24.5 Å². The second-order valence-electron chi connectivity index (χ2n) is 8.15. The highest BCUT2D eigenvalue weighted by molar-refractivity contribution is 7.89. The summed E-state index contributed by atoms with van der Waals surface area (Å²) >= 11 is 0. The first-order valence-corrected chi connectivity index (χ1v) is 12.1. The Kier molecular flexibility index (Phi) is 6.30. The maximum atomic E-state index is 13.2. The van der Waals surface area contributed by atoms with Gasteiger partial charge in [-0.3, -0.25) is 9.59 Å². The van der Waals surface area contributed by atoms with Gasteiger partial charge in [0, 0.05) is 45.3 Å². The molecule has 4 rings (SSSR count). The van der Waals surface area contributed by atoms with Crippen molar-refractivity contribution in [2.75, 3.05) is 37.6 Å². The van der Waals surface area contributed by atoms with E-state index in [-0.39, 0.29) is 42.0 Å². The van der Waals surface area contributed by atoms with Gasteiger partial charge in [0.25, 0.3) is 0 Å². The van der Waals surface area contributed by atoms with Gasteiger partial charge in [-0.25, -0.2) is 12.8 Å². The lowest BCUT2D eigenvalue weighted by Crippen LogP contribution is -2.50. The largest absolute Gasteiger partial charge is 0.340 e. The molecule has 0 saturated carbocycles. The first-order valence-electron chi connectivity index (χ1n) is 10.7. The van der Waals surface area contributed by atoms with Crippen molar-refractivity contribution >= 4 is 27.5 Å². The summed E-state index contributed by atoms with van der Waals surface area (Å²) in [6.07, 6.45) is 1.68. The molecular weight excluding hydrogens is 433 g/mol. The van der Waals surface area contributed by atoms with Gasteiger partial charge in [-0.15, -0.1) is 0 Å². The van der Waals surface area contributed by atoms with Crippen molar-refractivity contribution in [3.8, 4) is 0 Å². The maximum Gasteiger partial charge on any atom is 0.243 e. The lowest BCUT2D eigenvalue weighted by molar-refractivity contribution is -0.131. The molecule has 1 fully saturated rings. The predicted octanol–water partition coefficient (Wildman–Crippen LogP) is 2.20. The summed E-state index contributed by atoms with van der Waals surface area (Å²) in [5.74, 6) is -0.508. The molecule has 2 aliphatic heterocycles. The molecule has 0 N–H and O–H groups in total. The van der Waals surface area contributed by atoms with Crippen LogP contribution in [0, 0.1) is 5.82 Å². The molecule has 0 bridgehead atoms. The van der Waals surface area contributed by atoms with Crippen LogP contribution >= 0.6 is 0 Å². The van der Waals surface area contributed by atoms with Crippen LogP contribution in [0.2, 0.25) is 0 Å². The van der Waals surface area contributed by atoms with Gasteiger partial charge in [-0.05, 0) is 54.3 Å². The topological polar surface area (TPSA) is 78.0 Å². The second-order valence-corrected chi connectivity index (χ2v) is 10.1. The van der Waals surface area contributed by atoms with Crippen LogP contribution in [0.4, 0.5) is 10.1 Å². The number of halogens is 1. The Morgan fingerprint density at radius 1 is 0.969 bits per heavy atom. The highest BCUT2D eigenvalue weighted by Gasteiger charge is 2.31. The number of sulfonamides is 1. The zero-order chi connectivity index (χ0) is 22.9. The van der Waals surface area contributed by atoms with E-state index in [1.165, 1.54) is 23.4 Å². The predicted molar refractivity (Wildman–Crippen MR) is 118 cm³/mol. The van der Waals surface area contributed by atoms with E-state index < -0.39 is 10.0 Å². The van der Waals surface area contributed by atoms with E-state index in [2.05, 4.69) is 0 Å². The van der Waals surface area contributed by atoms with E-state index in [1.807, 2.05) is 0 Å². The number of piperazine rings is 1. The second kappa shape index (κ2) is 8.99. The van der Waals surface area contributed by atoms with Crippen LogP contribution in [0.15, 0.2) is 47.4 Å². The highest BCUT2D eigenvalue weighted by Crippen LogP contribution is 2.30. The number of aryl methyl sites for hydroxylation is 1. The van der Waals surface area contributed by atoms with Gasteiger partial charge in [-0.1, -0.05) is 12.1 Å². The Labute approximate surface area is 187 Å². The van der Waals surface area contributed by atoms with E-state index in [0.717, 1.165) is 29.7 Å². The van der Waals surface area contributed by atoms with Crippen LogP contribution in [-0.4, -0.2) is 62.2 Å². The van der Waals surface area contributed by atoms with Crippen LogP contribution in [0.5, 0.6) is 0 Å². The van der Waals surface area contributed by atoms with Crippen molar-refractivity contribution in [1.29, 1.82) is 0 Å². The minimum Gasteiger partial charge on any atom is -0.340 e. The van der Waals surface area contributed by atoms with E-state index in [0.29, 0.717) is 19.6 Å². The minimum atomic E-state index is -3.70. The van der Waals surface area contributed by atoms with Crippen molar-refractivity contribution in [3.05, 3.63) is 59.4 Å². The number of hydrogen-bond acceptors (Lipinski definition) is 4. The van der Waals surface area contributed by atoms with E-state index in [4.69, 9.17) is 0 Å². The molecule has 0 aromatic heterocycles. The molecule has 0 aliphatic carbocycles. The lowest BCUT2D eigenvalue weighted by atomic mass is 10.0. The number of carbonyl (C=O) groups excluding carboxylic acids is 2. The van der Waals surface area contributed by atoms with Crippen molar-refractivity contribution < 1.29 is 22.4 Å². The normalized spacial score (nSPS) is 17.2. The standard InChI is InChI=1S/C23H26FN3O4S/c1-17(28)27-10-2-3-19-16-21(8-9-22(19)27)32(30,31)26-13-11-25(12-14-26)23(29)15-18-4-6-20(24)7-5-18/h4-9,16H,2-3,10-15H2,1H3. The third kappa shape index (κ3) is 4.54. The highest BCUT2D eigenvalue weighted by atomic mass is 32.2. The van der Waals surface area contributed by atoms with E-state index in [9.17, 15) is 22.4 Å². The summed E-state index contributed by atoms with van der Waals surface area (Å²) in [6, 6.07) is 10.7. The zero-order valence-corrected chi connectivity index (χ0v) is 18.8. The Morgan fingerprint density at radius 2 is 1.66 bits per heavy atom. The SMILES string of the molecule is CC(=O)N1CCCc2cc(S(=O)(=O)N3CCN(C(=O)Cc4ccc(F)cc4)CC3)ccc21. The molecule has 2 aromatic carbocycles. The molecule has 170 valence electrons. The lowest BCUT2D eigenvalue weighted by Gasteiger charge is -2.34. The number of rotatable bonds is 4. The fourth-order valence-electron chi connectivity index (χ4n) is 4.28. The maximum absolute atomic E-state index is 13.2. The number of anilines is 1. The molecule has 1 saturated heterocycles. The smallest absolute Gasteiger partial charge is 0.243 e. The van der Waals surface area contributed by atoms with Crippen molar-refractivity contribution in [3.63, 3.8) is 0 Å². The van der Waals surface area contributed by atoms with Gasteiger partial charge in [0.15, 0.2) is 0 Å². The number of benzene rings is 2. The van der Waals surface area contributed by atoms with Crippen molar-refractivity contribution in [1.82, 2.24) is 9.21 Å². The molecule has 7 nitrogen and oxygen atoms in total. The Balaban J connectivity index is 1.42. The minimum absolute atomic E-state index is 0.0528. The molecule has 32 heavy (non-hydrogen) atoms. The Hall–Kier alpha value is -2.78. The number of amides is 2. The average molecular weight is 460 g/mol. The van der Waals surface area contributed by atoms with E-state index >= 15 is 0 Å². The van der Waals surface area contributed by atoms with Gasteiger partial charge in [0.1, 0.15) is 5.82 Å². The number of hydrogen-bond donors (Lipinski definition) is 0. The average Bonchev–Trinajstić information content (AvgIpc) is 2.79. The molecule has 0 atom stereocenters. The number of fused-ring (bicyclic) bond motifs is 1. The third-order valence-corrected chi connectivity index (χ3v) is 7.94. The molecular formula is C23H26FN3O4S. The summed E-state index contributed by atoms with van der Waals surface area (Å²) in [7, 11) is -3.70. The van der Waals surface area contributed by atoms with Crippen LogP contribution in [-0.2, 0) is 32.5 Å². The zero-order valence-electron chi connectivity index (χ0n) is 18.0. The first-order chi connectivity index (χ1) is 15.3. The fourth-order valence-corrected chi connectivity index (χ4v) is 5.75. The molecule has 2 amide bonds. The molecule has 0 unspecified atom stereocenters. The first kappa shape index (κ1) is 22.4. The van der Waals surface area contributed by atoms with Gasteiger partial charge in [-0.2, -0.15) is 4.31 Å². The molecule has 2 heterocycles. The summed E-state index contributed by atoms with van der Waals surface area (Å²) in [6.45, 7) is 3.20. The summed E-state index contributed by atoms with van der Waals surface area (Å²) in [4.78, 5) is 28.0. The summed E-state index contributed by atoms with van der Waals surface area (Å²) < 4.78 is 40.8. The van der Waals surface area contributed by atoms with Gasteiger partial charge >= 0.3 is 0 Å². The molecule has 0 spiro atoms. The van der Waals surface area contributed by atoms with Gasteiger partial charge < -0.3 is 9.80 Å². The van der Waals surface area contributed by atoms with Crippen molar-refractivity contribution in [2.24, 2.45) is 0 Å².